The maximum Gasteiger partial charge on any atom is 0.227 e. The number of halogens is 1. The molecule has 1 aromatic carbocycles. The van der Waals surface area contributed by atoms with Crippen molar-refractivity contribution in [1.82, 2.24) is 9.80 Å². The number of rotatable bonds is 3. The first-order chi connectivity index (χ1) is 13.0. The summed E-state index contributed by atoms with van der Waals surface area (Å²) >= 11 is 6.10. The summed E-state index contributed by atoms with van der Waals surface area (Å²) < 4.78 is 0. The van der Waals surface area contributed by atoms with E-state index in [2.05, 4.69) is 5.32 Å². The molecule has 1 aromatic rings. The first-order valence-electron chi connectivity index (χ1n) is 9.55. The summed E-state index contributed by atoms with van der Waals surface area (Å²) in [7, 11) is 0. The molecule has 1 aliphatic carbocycles. The molecular weight excluding hydrogens is 366 g/mol. The zero-order valence-corrected chi connectivity index (χ0v) is 16.4. The molecule has 1 saturated heterocycles. The van der Waals surface area contributed by atoms with Gasteiger partial charge in [-0.25, -0.2) is 0 Å². The molecule has 6 nitrogen and oxygen atoms in total. The zero-order chi connectivity index (χ0) is 19.4. The Morgan fingerprint density at radius 2 is 1.48 bits per heavy atom. The lowest BCUT2D eigenvalue weighted by molar-refractivity contribution is -0.142. The maximum atomic E-state index is 12.7. The van der Waals surface area contributed by atoms with Gasteiger partial charge in [0.05, 0.1) is 10.7 Å². The Morgan fingerprint density at radius 3 is 2.07 bits per heavy atom. The Kier molecular flexibility index (Phi) is 6.37. The van der Waals surface area contributed by atoms with Crippen LogP contribution in [0, 0.1) is 11.8 Å². The lowest BCUT2D eigenvalue weighted by Crippen LogP contribution is -2.51. The average molecular weight is 392 g/mol. The molecule has 0 spiro atoms. The first-order valence-corrected chi connectivity index (χ1v) is 9.93. The molecule has 0 bridgehead atoms. The molecule has 0 atom stereocenters. The number of piperazine rings is 1. The first kappa shape index (κ1) is 19.7. The fourth-order valence-corrected chi connectivity index (χ4v) is 4.08. The Hall–Kier alpha value is -2.08. The predicted molar refractivity (Wildman–Crippen MR) is 104 cm³/mol. The van der Waals surface area contributed by atoms with Gasteiger partial charge in [-0.2, -0.15) is 0 Å². The highest BCUT2D eigenvalue weighted by Crippen LogP contribution is 2.32. The Bertz CT molecular complexity index is 708. The van der Waals surface area contributed by atoms with Crippen LogP contribution < -0.4 is 5.32 Å². The smallest absolute Gasteiger partial charge is 0.227 e. The van der Waals surface area contributed by atoms with E-state index in [4.69, 9.17) is 11.6 Å². The lowest BCUT2D eigenvalue weighted by Gasteiger charge is -2.37. The number of hydrogen-bond acceptors (Lipinski definition) is 3. The summed E-state index contributed by atoms with van der Waals surface area (Å²) in [6.07, 6.45) is 2.87. The standard InChI is InChI=1S/C20H26ClN3O3/c1-14(25)23-10-12-24(13-11-23)20(27)16-8-6-15(7-9-16)19(26)22-18-5-3-2-4-17(18)21/h2-5,15-16H,6-13H2,1H3,(H,22,26). The molecule has 0 unspecified atom stereocenters. The van der Waals surface area contributed by atoms with E-state index >= 15 is 0 Å². The van der Waals surface area contributed by atoms with Crippen LogP contribution in [0.15, 0.2) is 24.3 Å². The van der Waals surface area contributed by atoms with Crippen LogP contribution in [0.1, 0.15) is 32.6 Å². The van der Waals surface area contributed by atoms with Gasteiger partial charge in [-0.05, 0) is 37.8 Å². The number of nitrogens with zero attached hydrogens (tertiary/aromatic N) is 2. The molecule has 146 valence electrons. The minimum Gasteiger partial charge on any atom is -0.339 e. The number of hydrogen-bond donors (Lipinski definition) is 1. The molecule has 2 fully saturated rings. The van der Waals surface area contributed by atoms with Crippen LogP contribution in [0.2, 0.25) is 5.02 Å². The van der Waals surface area contributed by atoms with Crippen molar-refractivity contribution in [2.45, 2.75) is 32.6 Å². The van der Waals surface area contributed by atoms with Crippen molar-refractivity contribution in [3.8, 4) is 0 Å². The topological polar surface area (TPSA) is 69.7 Å². The van der Waals surface area contributed by atoms with E-state index in [0.29, 0.717) is 49.7 Å². The molecule has 3 rings (SSSR count). The van der Waals surface area contributed by atoms with Gasteiger partial charge in [-0.3, -0.25) is 14.4 Å². The molecule has 2 aliphatic rings. The van der Waals surface area contributed by atoms with Crippen molar-refractivity contribution in [1.29, 1.82) is 0 Å². The minimum absolute atomic E-state index is 0.0155. The van der Waals surface area contributed by atoms with Crippen LogP contribution >= 0.6 is 11.6 Å². The monoisotopic (exact) mass is 391 g/mol. The van der Waals surface area contributed by atoms with Gasteiger partial charge in [-0.15, -0.1) is 0 Å². The van der Waals surface area contributed by atoms with Crippen LogP contribution in [0.25, 0.3) is 0 Å². The van der Waals surface area contributed by atoms with Crippen molar-refractivity contribution in [3.63, 3.8) is 0 Å². The van der Waals surface area contributed by atoms with Crippen molar-refractivity contribution in [2.24, 2.45) is 11.8 Å². The number of anilines is 1. The number of carbonyl (C=O) groups is 3. The van der Waals surface area contributed by atoms with Gasteiger partial charge >= 0.3 is 0 Å². The maximum absolute atomic E-state index is 12.7. The summed E-state index contributed by atoms with van der Waals surface area (Å²) in [6, 6.07) is 7.20. The fourth-order valence-electron chi connectivity index (χ4n) is 3.90. The SMILES string of the molecule is CC(=O)N1CCN(C(=O)C2CCC(C(=O)Nc3ccccc3Cl)CC2)CC1. The van der Waals surface area contributed by atoms with E-state index in [1.165, 1.54) is 0 Å². The molecule has 1 aliphatic heterocycles. The van der Waals surface area contributed by atoms with E-state index in [1.54, 1.807) is 24.0 Å². The van der Waals surface area contributed by atoms with Gasteiger partial charge in [0.25, 0.3) is 0 Å². The van der Waals surface area contributed by atoms with Gasteiger partial charge in [0, 0.05) is 44.9 Å². The third-order valence-electron chi connectivity index (χ3n) is 5.62. The van der Waals surface area contributed by atoms with Crippen molar-refractivity contribution < 1.29 is 14.4 Å². The van der Waals surface area contributed by atoms with Crippen molar-refractivity contribution >= 4 is 35.0 Å². The summed E-state index contributed by atoms with van der Waals surface area (Å²) in [6.45, 7) is 3.98. The lowest BCUT2D eigenvalue weighted by atomic mass is 9.80. The van der Waals surface area contributed by atoms with Crippen LogP contribution in [0.3, 0.4) is 0 Å². The second-order valence-corrected chi connectivity index (χ2v) is 7.76. The highest BCUT2D eigenvalue weighted by atomic mass is 35.5. The molecule has 1 N–H and O–H groups in total. The Balaban J connectivity index is 1.47. The van der Waals surface area contributed by atoms with Crippen LogP contribution in [-0.2, 0) is 14.4 Å². The number of amides is 3. The second-order valence-electron chi connectivity index (χ2n) is 7.35. The molecule has 27 heavy (non-hydrogen) atoms. The van der Waals surface area contributed by atoms with Gasteiger partial charge in [0.15, 0.2) is 0 Å². The van der Waals surface area contributed by atoms with Gasteiger partial charge in [0.1, 0.15) is 0 Å². The average Bonchev–Trinajstić information content (AvgIpc) is 2.69. The third-order valence-corrected chi connectivity index (χ3v) is 5.95. The minimum atomic E-state index is -0.0834. The van der Waals surface area contributed by atoms with Crippen LogP contribution in [0.4, 0.5) is 5.69 Å². The van der Waals surface area contributed by atoms with E-state index in [1.807, 2.05) is 17.0 Å². The van der Waals surface area contributed by atoms with E-state index < -0.39 is 0 Å². The van der Waals surface area contributed by atoms with E-state index in [9.17, 15) is 14.4 Å². The molecule has 3 amide bonds. The highest BCUT2D eigenvalue weighted by molar-refractivity contribution is 6.33. The predicted octanol–water partition coefficient (Wildman–Crippen LogP) is 2.78. The van der Waals surface area contributed by atoms with Crippen LogP contribution in [0.5, 0.6) is 0 Å². The molecular formula is C20H26ClN3O3. The number of carbonyl (C=O) groups excluding carboxylic acids is 3. The van der Waals surface area contributed by atoms with E-state index in [0.717, 1.165) is 12.8 Å². The van der Waals surface area contributed by atoms with Crippen LogP contribution in [-0.4, -0.2) is 53.7 Å². The third kappa shape index (κ3) is 4.80. The van der Waals surface area contributed by atoms with E-state index in [-0.39, 0.29) is 29.6 Å². The highest BCUT2D eigenvalue weighted by Gasteiger charge is 2.33. The second kappa shape index (κ2) is 8.74. The number of nitrogens with one attached hydrogen (secondary N) is 1. The van der Waals surface area contributed by atoms with Crippen molar-refractivity contribution in [3.05, 3.63) is 29.3 Å². The normalized spacial score (nSPS) is 23.0. The van der Waals surface area contributed by atoms with Gasteiger partial charge in [-0.1, -0.05) is 23.7 Å². The molecule has 0 radical (unpaired) electrons. The van der Waals surface area contributed by atoms with Gasteiger partial charge in [0.2, 0.25) is 17.7 Å². The molecule has 7 heteroatoms. The quantitative estimate of drug-likeness (QED) is 0.861. The summed E-state index contributed by atoms with van der Waals surface area (Å²) in [5.41, 5.74) is 0.630. The number of para-hydroxylation sites is 1. The summed E-state index contributed by atoms with van der Waals surface area (Å²) in [5.74, 6) is 0.109. The van der Waals surface area contributed by atoms with Gasteiger partial charge < -0.3 is 15.1 Å². The molecule has 1 heterocycles. The summed E-state index contributed by atoms with van der Waals surface area (Å²) in [5, 5.41) is 3.43. The number of benzene rings is 1. The Morgan fingerprint density at radius 1 is 0.926 bits per heavy atom. The molecule has 1 saturated carbocycles. The molecule has 0 aromatic heterocycles. The zero-order valence-electron chi connectivity index (χ0n) is 15.6. The van der Waals surface area contributed by atoms with Crippen molar-refractivity contribution in [2.75, 3.05) is 31.5 Å². The Labute approximate surface area is 164 Å². The summed E-state index contributed by atoms with van der Waals surface area (Å²) in [4.78, 5) is 40.3. The largest absolute Gasteiger partial charge is 0.339 e. The fraction of sp³-hybridized carbons (Fsp3) is 0.550.